The van der Waals surface area contributed by atoms with E-state index in [4.69, 9.17) is 4.74 Å². The minimum Gasteiger partial charge on any atom is -0.494 e. The first-order valence-electron chi connectivity index (χ1n) is 6.12. The molecule has 0 aliphatic carbocycles. The molecule has 0 aromatic heterocycles. The van der Waals surface area contributed by atoms with Gasteiger partial charge >= 0.3 is 0 Å². The molecule has 0 saturated heterocycles. The first-order valence-corrected chi connectivity index (χ1v) is 7.60. The second-order valence-corrected chi connectivity index (χ2v) is 6.27. The van der Waals surface area contributed by atoms with Gasteiger partial charge in [0.25, 0.3) is 0 Å². The van der Waals surface area contributed by atoms with Gasteiger partial charge in [0.15, 0.2) is 0 Å². The van der Waals surface area contributed by atoms with Crippen molar-refractivity contribution in [1.29, 1.82) is 0 Å². The molecule has 18 heavy (non-hydrogen) atoms. The zero-order valence-electron chi connectivity index (χ0n) is 11.3. The fourth-order valence-electron chi connectivity index (χ4n) is 1.33. The maximum Gasteiger partial charge on any atom is 0.240 e. The van der Waals surface area contributed by atoms with Crippen LogP contribution in [0.4, 0.5) is 0 Å². The van der Waals surface area contributed by atoms with E-state index < -0.39 is 10.0 Å². The Hall–Kier alpha value is -1.07. The molecule has 0 saturated carbocycles. The average Bonchev–Trinajstić information content (AvgIpc) is 2.29. The molecule has 0 radical (unpaired) electrons. The van der Waals surface area contributed by atoms with Crippen molar-refractivity contribution in [2.75, 3.05) is 6.61 Å². The number of hydrogen-bond donors (Lipinski definition) is 1. The van der Waals surface area contributed by atoms with Crippen molar-refractivity contribution in [1.82, 2.24) is 4.72 Å². The predicted molar refractivity (Wildman–Crippen MR) is 72.2 cm³/mol. The van der Waals surface area contributed by atoms with E-state index in [0.29, 0.717) is 12.4 Å². The third-order valence-electron chi connectivity index (χ3n) is 2.79. The van der Waals surface area contributed by atoms with Gasteiger partial charge in [-0.25, -0.2) is 13.1 Å². The van der Waals surface area contributed by atoms with Gasteiger partial charge in [-0.1, -0.05) is 13.8 Å². The fraction of sp³-hybridized carbons (Fsp3) is 0.538. The molecule has 0 aliphatic rings. The Balaban J connectivity index is 2.85. The number of sulfonamides is 1. The van der Waals surface area contributed by atoms with Crippen molar-refractivity contribution in [3.8, 4) is 5.75 Å². The zero-order valence-corrected chi connectivity index (χ0v) is 12.1. The van der Waals surface area contributed by atoms with Crippen LogP contribution >= 0.6 is 0 Å². The van der Waals surface area contributed by atoms with Gasteiger partial charge in [0, 0.05) is 6.04 Å². The van der Waals surface area contributed by atoms with Crippen LogP contribution in [-0.4, -0.2) is 21.1 Å². The monoisotopic (exact) mass is 271 g/mol. The summed E-state index contributed by atoms with van der Waals surface area (Å²) in [6, 6.07) is 6.35. The Morgan fingerprint density at radius 1 is 1.17 bits per heavy atom. The van der Waals surface area contributed by atoms with E-state index in [1.54, 1.807) is 24.3 Å². The van der Waals surface area contributed by atoms with Crippen LogP contribution in [-0.2, 0) is 10.0 Å². The minimum atomic E-state index is -3.44. The molecule has 0 amide bonds. The van der Waals surface area contributed by atoms with Crippen molar-refractivity contribution in [2.24, 2.45) is 5.92 Å². The van der Waals surface area contributed by atoms with Gasteiger partial charge in [-0.2, -0.15) is 0 Å². The smallest absolute Gasteiger partial charge is 0.240 e. The number of ether oxygens (including phenoxy) is 1. The maximum absolute atomic E-state index is 12.1. The lowest BCUT2D eigenvalue weighted by Gasteiger charge is -2.17. The zero-order chi connectivity index (χ0) is 13.8. The lowest BCUT2D eigenvalue weighted by atomic mass is 10.1. The van der Waals surface area contributed by atoms with Gasteiger partial charge in [-0.3, -0.25) is 0 Å². The third-order valence-corrected chi connectivity index (χ3v) is 4.36. The van der Waals surface area contributed by atoms with Crippen LogP contribution in [0.2, 0.25) is 0 Å². The molecule has 0 heterocycles. The second-order valence-electron chi connectivity index (χ2n) is 4.56. The summed E-state index contributed by atoms with van der Waals surface area (Å²) in [5.74, 6) is 0.927. The summed E-state index contributed by atoms with van der Waals surface area (Å²) < 4.78 is 32.1. The highest BCUT2D eigenvalue weighted by Gasteiger charge is 2.18. The highest BCUT2D eigenvalue weighted by Crippen LogP contribution is 2.16. The minimum absolute atomic E-state index is 0.0958. The molecule has 0 bridgehead atoms. The Bertz CT molecular complexity index is 466. The van der Waals surface area contributed by atoms with Crippen molar-refractivity contribution in [3.63, 3.8) is 0 Å². The Morgan fingerprint density at radius 2 is 1.72 bits per heavy atom. The summed E-state index contributed by atoms with van der Waals surface area (Å²) in [6.07, 6.45) is 0. The molecule has 102 valence electrons. The van der Waals surface area contributed by atoms with Crippen LogP contribution in [0.3, 0.4) is 0 Å². The molecular formula is C13H21NO3S. The van der Waals surface area contributed by atoms with Crippen LogP contribution in [0.5, 0.6) is 5.75 Å². The average molecular weight is 271 g/mol. The third kappa shape index (κ3) is 3.99. The van der Waals surface area contributed by atoms with Crippen LogP contribution in [0.25, 0.3) is 0 Å². The fourth-order valence-corrected chi connectivity index (χ4v) is 2.72. The van der Waals surface area contributed by atoms with Crippen molar-refractivity contribution >= 4 is 10.0 Å². The van der Waals surface area contributed by atoms with Gasteiger partial charge in [0.2, 0.25) is 10.0 Å². The molecule has 5 heteroatoms. The molecule has 0 spiro atoms. The van der Waals surface area contributed by atoms with E-state index in [9.17, 15) is 8.42 Å². The van der Waals surface area contributed by atoms with E-state index in [1.807, 2.05) is 27.7 Å². The maximum atomic E-state index is 12.1. The molecule has 4 nitrogen and oxygen atoms in total. The second kappa shape index (κ2) is 6.20. The molecule has 1 rings (SSSR count). The first kappa shape index (κ1) is 15.0. The van der Waals surface area contributed by atoms with E-state index in [2.05, 4.69) is 4.72 Å². The molecular weight excluding hydrogens is 250 g/mol. The Kier molecular flexibility index (Phi) is 5.16. The number of hydrogen-bond acceptors (Lipinski definition) is 3. The van der Waals surface area contributed by atoms with Gasteiger partial charge < -0.3 is 4.74 Å². The lowest BCUT2D eigenvalue weighted by Crippen LogP contribution is -2.36. The predicted octanol–water partition coefficient (Wildman–Crippen LogP) is 2.41. The van der Waals surface area contributed by atoms with Gasteiger partial charge in [-0.15, -0.1) is 0 Å². The van der Waals surface area contributed by atoms with Crippen molar-refractivity contribution < 1.29 is 13.2 Å². The molecule has 1 aromatic carbocycles. The van der Waals surface area contributed by atoms with Crippen molar-refractivity contribution in [3.05, 3.63) is 24.3 Å². The van der Waals surface area contributed by atoms with Crippen LogP contribution in [0.1, 0.15) is 27.7 Å². The van der Waals surface area contributed by atoms with E-state index in [1.165, 1.54) is 0 Å². The Labute approximate surface area is 109 Å². The summed E-state index contributed by atoms with van der Waals surface area (Å²) in [6.45, 7) is 8.26. The number of rotatable bonds is 6. The molecule has 0 aliphatic heterocycles. The van der Waals surface area contributed by atoms with Crippen LogP contribution in [0, 0.1) is 5.92 Å². The SMILES string of the molecule is CCOc1ccc(S(=O)(=O)N[C@@H](C)C(C)C)cc1. The molecule has 1 aromatic rings. The van der Waals surface area contributed by atoms with Crippen LogP contribution in [0.15, 0.2) is 29.2 Å². The van der Waals surface area contributed by atoms with Gasteiger partial charge in [0.1, 0.15) is 5.75 Å². The summed E-state index contributed by atoms with van der Waals surface area (Å²) in [4.78, 5) is 0.262. The quantitative estimate of drug-likeness (QED) is 0.864. The summed E-state index contributed by atoms with van der Waals surface area (Å²) in [5, 5.41) is 0. The molecule has 0 fully saturated rings. The summed E-state index contributed by atoms with van der Waals surface area (Å²) >= 11 is 0. The number of benzene rings is 1. The van der Waals surface area contributed by atoms with Crippen molar-refractivity contribution in [2.45, 2.75) is 38.6 Å². The topological polar surface area (TPSA) is 55.4 Å². The molecule has 1 atom stereocenters. The van der Waals surface area contributed by atoms with E-state index in [-0.39, 0.29) is 16.9 Å². The summed E-state index contributed by atoms with van der Waals surface area (Å²) in [5.41, 5.74) is 0. The first-order chi connectivity index (χ1) is 8.36. The normalized spacial score (nSPS) is 13.6. The van der Waals surface area contributed by atoms with Gasteiger partial charge in [0.05, 0.1) is 11.5 Å². The highest BCUT2D eigenvalue weighted by molar-refractivity contribution is 7.89. The molecule has 1 N–H and O–H groups in total. The highest BCUT2D eigenvalue weighted by atomic mass is 32.2. The standard InChI is InChI=1S/C13H21NO3S/c1-5-17-12-6-8-13(9-7-12)18(15,16)14-11(4)10(2)3/h6-11,14H,5H2,1-4H3/t11-/m0/s1. The Morgan fingerprint density at radius 3 is 2.17 bits per heavy atom. The van der Waals surface area contributed by atoms with E-state index in [0.717, 1.165) is 0 Å². The van der Waals surface area contributed by atoms with Crippen LogP contribution < -0.4 is 9.46 Å². The summed E-state index contributed by atoms with van der Waals surface area (Å²) in [7, 11) is -3.44. The number of nitrogens with one attached hydrogen (secondary N) is 1. The lowest BCUT2D eigenvalue weighted by molar-refractivity contribution is 0.340. The van der Waals surface area contributed by atoms with E-state index >= 15 is 0 Å². The largest absolute Gasteiger partial charge is 0.494 e. The molecule has 0 unspecified atom stereocenters. The van der Waals surface area contributed by atoms with Gasteiger partial charge in [-0.05, 0) is 44.0 Å².